The van der Waals surface area contributed by atoms with Crippen molar-refractivity contribution in [2.24, 2.45) is 4.99 Å². The number of methoxy groups -OCH3 is 3. The molecule has 10 nitrogen and oxygen atoms in total. The van der Waals surface area contributed by atoms with E-state index in [4.69, 9.17) is 57.0 Å². The van der Waals surface area contributed by atoms with Crippen LogP contribution in [0.25, 0.3) is 6.08 Å². The summed E-state index contributed by atoms with van der Waals surface area (Å²) in [6, 6.07) is 25.5. The highest BCUT2D eigenvalue weighted by Gasteiger charge is 2.53. The second-order valence-corrected chi connectivity index (χ2v) is 12.1. The number of amides is 1. The summed E-state index contributed by atoms with van der Waals surface area (Å²) in [4.78, 5) is 19.6. The number of aliphatic imine (C=N–C) groups is 1. The van der Waals surface area contributed by atoms with E-state index < -0.39 is 17.6 Å². The van der Waals surface area contributed by atoms with Crippen LogP contribution in [0.4, 0.5) is 0 Å². The van der Waals surface area contributed by atoms with E-state index >= 15 is 0 Å². The summed E-state index contributed by atoms with van der Waals surface area (Å²) in [5.41, 5.74) is 7.20. The average molecular weight is 721 g/mol. The lowest BCUT2D eigenvalue weighted by Crippen LogP contribution is -2.52. The number of nitrogens with one attached hydrogen (secondary N) is 2. The van der Waals surface area contributed by atoms with Gasteiger partial charge in [0.2, 0.25) is 5.90 Å². The number of carbonyl (C=O) groups is 1. The van der Waals surface area contributed by atoms with E-state index in [9.17, 15) is 4.79 Å². The maximum atomic E-state index is 14.6. The maximum Gasteiger partial charge on any atom is 0.266 e. The highest BCUT2D eigenvalue weighted by molar-refractivity contribution is 6.35. The number of hydrogen-bond acceptors (Lipinski definition) is 9. The van der Waals surface area contributed by atoms with Gasteiger partial charge in [-0.2, -0.15) is 0 Å². The van der Waals surface area contributed by atoms with E-state index in [-0.39, 0.29) is 25.5 Å². The zero-order chi connectivity index (χ0) is 35.5. The van der Waals surface area contributed by atoms with Crippen molar-refractivity contribution in [3.63, 3.8) is 0 Å². The van der Waals surface area contributed by atoms with E-state index in [1.54, 1.807) is 63.8 Å². The van der Waals surface area contributed by atoms with E-state index in [1.165, 1.54) is 0 Å². The average Bonchev–Trinajstić information content (AvgIpc) is 3.52. The second kappa shape index (κ2) is 17.3. The fourth-order valence-corrected chi connectivity index (χ4v) is 6.03. The molecule has 0 radical (unpaired) electrons. The van der Waals surface area contributed by atoms with Crippen LogP contribution < -0.4 is 29.8 Å². The highest BCUT2D eigenvalue weighted by atomic mass is 35.5. The molecule has 1 amide bonds. The van der Waals surface area contributed by atoms with Crippen LogP contribution in [0.15, 0.2) is 96.0 Å². The van der Waals surface area contributed by atoms with Crippen molar-refractivity contribution in [3.05, 3.63) is 123 Å². The minimum Gasteiger partial charge on any atom is -0.496 e. The van der Waals surface area contributed by atoms with Gasteiger partial charge < -0.3 is 28.8 Å². The summed E-state index contributed by atoms with van der Waals surface area (Å²) >= 11 is 13.0. The van der Waals surface area contributed by atoms with Crippen LogP contribution in [-0.4, -0.2) is 57.0 Å². The molecule has 0 saturated carbocycles. The van der Waals surface area contributed by atoms with Gasteiger partial charge in [0.05, 0.1) is 33.5 Å². The van der Waals surface area contributed by atoms with Gasteiger partial charge in [-0.25, -0.2) is 10.4 Å². The number of rotatable bonds is 16. The number of nitrogens with zero attached hydrogens (tertiary/aromatic N) is 1. The topological polar surface area (TPSA) is 120 Å². The van der Waals surface area contributed by atoms with Crippen molar-refractivity contribution < 1.29 is 33.6 Å². The van der Waals surface area contributed by atoms with E-state index in [1.807, 2.05) is 54.6 Å². The summed E-state index contributed by atoms with van der Waals surface area (Å²) in [5.74, 6) is 2.01. The van der Waals surface area contributed by atoms with Gasteiger partial charge in [-0.05, 0) is 42.0 Å². The molecule has 2 atom stereocenters. The van der Waals surface area contributed by atoms with Crippen molar-refractivity contribution in [2.45, 2.75) is 31.0 Å². The Kier molecular flexibility index (Phi) is 12.6. The van der Waals surface area contributed by atoms with Gasteiger partial charge in [0.25, 0.3) is 5.91 Å². The predicted molar refractivity (Wildman–Crippen MR) is 194 cm³/mol. The first-order valence-electron chi connectivity index (χ1n) is 15.9. The Hall–Kier alpha value is -4.74. The first-order chi connectivity index (χ1) is 24.3. The lowest BCUT2D eigenvalue weighted by atomic mass is 9.84. The minimum atomic E-state index is -1.52. The molecule has 0 unspecified atom stereocenters. The zero-order valence-electron chi connectivity index (χ0n) is 28.0. The van der Waals surface area contributed by atoms with Gasteiger partial charge in [-0.15, -0.1) is 0 Å². The van der Waals surface area contributed by atoms with Crippen LogP contribution in [-0.2, 0) is 16.1 Å². The Morgan fingerprint density at radius 2 is 1.66 bits per heavy atom. The molecule has 1 aliphatic rings. The van der Waals surface area contributed by atoms with Gasteiger partial charge in [-0.1, -0.05) is 71.8 Å². The third-order valence-electron chi connectivity index (χ3n) is 8.10. The molecule has 0 aromatic heterocycles. The Bertz CT molecular complexity index is 1790. The molecule has 1 heterocycles. The van der Waals surface area contributed by atoms with Gasteiger partial charge in [0.1, 0.15) is 23.0 Å². The monoisotopic (exact) mass is 719 g/mol. The van der Waals surface area contributed by atoms with Crippen molar-refractivity contribution in [1.82, 2.24) is 10.9 Å². The smallest absolute Gasteiger partial charge is 0.266 e. The predicted octanol–water partition coefficient (Wildman–Crippen LogP) is 6.96. The van der Waals surface area contributed by atoms with Crippen molar-refractivity contribution >= 4 is 41.1 Å². The molecule has 0 bridgehead atoms. The van der Waals surface area contributed by atoms with Crippen LogP contribution in [0.5, 0.6) is 23.0 Å². The first-order valence-corrected chi connectivity index (χ1v) is 16.7. The molecule has 3 N–H and O–H groups in total. The van der Waals surface area contributed by atoms with Gasteiger partial charge in [-0.3, -0.25) is 10.2 Å². The number of aliphatic hydroxyl groups is 1. The lowest BCUT2D eigenvalue weighted by Gasteiger charge is -2.30. The molecule has 0 spiro atoms. The van der Waals surface area contributed by atoms with E-state index in [0.29, 0.717) is 62.8 Å². The molecule has 50 heavy (non-hydrogen) atoms. The van der Waals surface area contributed by atoms with E-state index in [2.05, 4.69) is 10.9 Å². The third-order valence-corrected chi connectivity index (χ3v) is 8.66. The lowest BCUT2D eigenvalue weighted by molar-refractivity contribution is -0.129. The molecule has 4 aromatic carbocycles. The Morgan fingerprint density at radius 1 is 0.940 bits per heavy atom. The summed E-state index contributed by atoms with van der Waals surface area (Å²) in [7, 11) is 4.65. The molecule has 12 heteroatoms. The normalized spacial score (nSPS) is 16.8. The Balaban J connectivity index is 1.52. The quantitative estimate of drug-likeness (QED) is 0.0840. The number of aliphatic hydroxyl groups excluding tert-OH is 1. The number of ether oxygens (including phenoxy) is 5. The largest absolute Gasteiger partial charge is 0.496 e. The second-order valence-electron chi connectivity index (χ2n) is 11.3. The number of hydrazine groups is 1. The molecular formula is C38H39Cl2N3O7. The number of carbonyl (C=O) groups excluding carboxylic acids is 1. The SMILES string of the molecule is COc1cc(OC)c(CNNC(=O)[C@@]2(C/C=C/c3ccccc3)N=C(c3ccc(OCCCO)cc3)O[C@H]2c2ccc(Cl)cc2Cl)c(OC)c1. The third kappa shape index (κ3) is 8.51. The van der Waals surface area contributed by atoms with Gasteiger partial charge in [0, 0.05) is 59.3 Å². The number of benzene rings is 4. The van der Waals surface area contributed by atoms with Crippen LogP contribution in [0.2, 0.25) is 10.0 Å². The molecule has 4 aromatic rings. The van der Waals surface area contributed by atoms with Gasteiger partial charge >= 0.3 is 0 Å². The molecule has 1 aliphatic heterocycles. The van der Waals surface area contributed by atoms with Crippen LogP contribution in [0.3, 0.4) is 0 Å². The molecule has 0 fully saturated rings. The fourth-order valence-electron chi connectivity index (χ4n) is 5.52. The summed E-state index contributed by atoms with van der Waals surface area (Å²) < 4.78 is 28.8. The molecule has 5 rings (SSSR count). The van der Waals surface area contributed by atoms with Gasteiger partial charge in [0.15, 0.2) is 11.6 Å². The molecule has 262 valence electrons. The van der Waals surface area contributed by atoms with Crippen LogP contribution >= 0.6 is 23.2 Å². The van der Waals surface area contributed by atoms with Crippen LogP contribution in [0, 0.1) is 0 Å². The van der Waals surface area contributed by atoms with Crippen molar-refractivity contribution in [2.75, 3.05) is 34.5 Å². The van der Waals surface area contributed by atoms with Crippen molar-refractivity contribution in [1.29, 1.82) is 0 Å². The number of halogens is 2. The van der Waals surface area contributed by atoms with Crippen molar-refractivity contribution in [3.8, 4) is 23.0 Å². The number of hydrogen-bond donors (Lipinski definition) is 3. The zero-order valence-corrected chi connectivity index (χ0v) is 29.5. The fraction of sp³-hybridized carbons (Fsp3) is 0.263. The maximum absolute atomic E-state index is 14.6. The standard InChI is InChI=1S/C38H39Cl2N3O7/c1-46-29-22-33(47-2)31(34(23-29)48-3)24-41-43-37(45)38(18-7-11-25-9-5-4-6-10-25)35(30-17-14-27(39)21-32(30)40)50-36(42-38)26-12-15-28(16-13-26)49-20-8-19-44/h4-7,9-17,21-23,35,41,44H,8,18-20,24H2,1-3H3,(H,43,45)/b11-7+/t35-,38-/m0/s1. The minimum absolute atomic E-state index is 0.0380. The highest BCUT2D eigenvalue weighted by Crippen LogP contribution is 2.45. The summed E-state index contributed by atoms with van der Waals surface area (Å²) in [6.07, 6.45) is 3.56. The molecular weight excluding hydrogens is 681 g/mol. The first kappa shape index (κ1) is 36.5. The Labute approximate surface area is 301 Å². The molecule has 0 saturated heterocycles. The Morgan fingerprint density at radius 3 is 2.30 bits per heavy atom. The summed E-state index contributed by atoms with van der Waals surface area (Å²) in [5, 5.41) is 9.87. The summed E-state index contributed by atoms with van der Waals surface area (Å²) in [6.45, 7) is 0.568. The van der Waals surface area contributed by atoms with Crippen LogP contribution in [0.1, 0.15) is 41.2 Å². The molecule has 0 aliphatic carbocycles. The van der Waals surface area contributed by atoms with E-state index in [0.717, 1.165) is 5.56 Å².